The molecule has 3 aliphatic heterocycles. The predicted octanol–water partition coefficient (Wildman–Crippen LogP) is 5.89. The molecule has 0 unspecified atom stereocenters. The van der Waals surface area contributed by atoms with Gasteiger partial charge in [-0.15, -0.1) is 0 Å². The number of hydrogen-bond acceptors (Lipinski definition) is 3. The van der Waals surface area contributed by atoms with Gasteiger partial charge in [-0.2, -0.15) is 0 Å². The third-order valence-corrected chi connectivity index (χ3v) is 5.90. The highest BCUT2D eigenvalue weighted by atomic mass is 15.1. The lowest BCUT2D eigenvalue weighted by Crippen LogP contribution is -2.18. The number of nitrogens with one attached hydrogen (secondary N) is 2. The largest absolute Gasteiger partial charge is 0.374 e. The molecule has 0 spiro atoms. The summed E-state index contributed by atoms with van der Waals surface area (Å²) < 4.78 is 0. The van der Waals surface area contributed by atoms with Crippen molar-refractivity contribution in [2.45, 2.75) is 6.92 Å². The molecule has 0 aromatic carbocycles. The van der Waals surface area contributed by atoms with Crippen molar-refractivity contribution >= 4 is 51.9 Å². The van der Waals surface area contributed by atoms with Gasteiger partial charge in [0.2, 0.25) is 0 Å². The summed E-state index contributed by atoms with van der Waals surface area (Å²) in [6.45, 7) is 4.10. The molecule has 32 heavy (non-hydrogen) atoms. The molecule has 5 nitrogen and oxygen atoms in total. The monoisotopic (exact) mass is 417 g/mol. The Hall–Kier alpha value is -4.12. The highest BCUT2D eigenvalue weighted by Gasteiger charge is 2.10. The van der Waals surface area contributed by atoms with Crippen LogP contribution in [0.4, 0.5) is 0 Å². The molecule has 0 saturated carbocycles. The van der Waals surface area contributed by atoms with Gasteiger partial charge in [-0.3, -0.25) is 0 Å². The van der Waals surface area contributed by atoms with E-state index in [9.17, 15) is 0 Å². The van der Waals surface area contributed by atoms with Crippen LogP contribution in [0.2, 0.25) is 0 Å². The molecule has 6 heterocycles. The molecule has 0 fully saturated rings. The average molecular weight is 418 g/mol. The molecule has 0 aliphatic carbocycles. The molecule has 5 heteroatoms. The van der Waals surface area contributed by atoms with E-state index in [-0.39, 0.29) is 0 Å². The topological polar surface area (TPSA) is 60.6 Å². The Morgan fingerprint density at radius 2 is 1.44 bits per heavy atom. The predicted molar refractivity (Wildman–Crippen MR) is 133 cm³/mol. The number of aromatic amines is 2. The lowest BCUT2D eigenvalue weighted by atomic mass is 10.0. The fourth-order valence-electron chi connectivity index (χ4n) is 4.22. The van der Waals surface area contributed by atoms with Gasteiger partial charge in [-0.05, 0) is 91.5 Å². The number of fused-ring (bicyclic) bond motifs is 8. The molecular weight excluding hydrogens is 394 g/mol. The first-order valence-electron chi connectivity index (χ1n) is 10.9. The van der Waals surface area contributed by atoms with E-state index >= 15 is 0 Å². The smallest absolute Gasteiger partial charge is 0.0659 e. The number of aromatic nitrogens is 4. The first-order valence-corrected chi connectivity index (χ1v) is 10.9. The number of hydrogen-bond donors (Lipinski definition) is 2. The Bertz CT molecular complexity index is 1490. The number of nitrogens with zero attached hydrogens (tertiary/aromatic N) is 3. The third-order valence-electron chi connectivity index (χ3n) is 5.90. The van der Waals surface area contributed by atoms with Gasteiger partial charge >= 0.3 is 0 Å². The maximum Gasteiger partial charge on any atom is 0.0659 e. The highest BCUT2D eigenvalue weighted by molar-refractivity contribution is 5.89. The molecule has 3 aromatic rings. The van der Waals surface area contributed by atoms with E-state index in [4.69, 9.17) is 9.97 Å². The second-order valence-electron chi connectivity index (χ2n) is 8.15. The van der Waals surface area contributed by atoms with Crippen molar-refractivity contribution in [1.82, 2.24) is 24.8 Å². The number of rotatable bonds is 2. The normalized spacial score (nSPS) is 14.8. The van der Waals surface area contributed by atoms with Crippen molar-refractivity contribution in [1.29, 1.82) is 0 Å². The van der Waals surface area contributed by atoms with Gasteiger partial charge in [-0.25, -0.2) is 9.97 Å². The molecule has 0 radical (unpaired) electrons. The molecule has 156 valence electrons. The van der Waals surface area contributed by atoms with Crippen LogP contribution in [0, 0.1) is 0 Å². The van der Waals surface area contributed by atoms with Gasteiger partial charge in [0.1, 0.15) is 0 Å². The van der Waals surface area contributed by atoms with Crippen LogP contribution in [0.25, 0.3) is 51.9 Å². The van der Waals surface area contributed by atoms with E-state index in [1.165, 1.54) is 11.1 Å². The van der Waals surface area contributed by atoms with Crippen LogP contribution in [0.1, 0.15) is 35.3 Å². The molecule has 0 amide bonds. The fourth-order valence-corrected chi connectivity index (χ4v) is 4.22. The summed E-state index contributed by atoms with van der Waals surface area (Å²) in [4.78, 5) is 18.8. The maximum absolute atomic E-state index is 4.79. The number of likely N-dealkylation sites (N-methyl/N-ethyl adjacent to an activating group) is 1. The summed E-state index contributed by atoms with van der Waals surface area (Å²) in [6, 6.07) is 14.7. The van der Waals surface area contributed by atoms with Gasteiger partial charge in [-0.1, -0.05) is 6.08 Å². The van der Waals surface area contributed by atoms with E-state index in [2.05, 4.69) is 82.6 Å². The minimum absolute atomic E-state index is 0.908. The quantitative estimate of drug-likeness (QED) is 0.377. The zero-order valence-electron chi connectivity index (χ0n) is 17.8. The molecule has 3 aliphatic rings. The Morgan fingerprint density at radius 3 is 2.12 bits per heavy atom. The van der Waals surface area contributed by atoms with Crippen LogP contribution >= 0.6 is 0 Å². The van der Waals surface area contributed by atoms with Crippen LogP contribution in [-0.4, -0.2) is 37.9 Å². The van der Waals surface area contributed by atoms with Crippen molar-refractivity contribution in [2.24, 2.45) is 0 Å². The Labute approximate surface area is 186 Å². The minimum atomic E-state index is 0.908. The lowest BCUT2D eigenvalue weighted by molar-refractivity contribution is 0.437. The molecule has 3 aromatic heterocycles. The zero-order chi connectivity index (χ0) is 21.5. The van der Waals surface area contributed by atoms with Crippen LogP contribution < -0.4 is 0 Å². The van der Waals surface area contributed by atoms with Crippen molar-refractivity contribution in [3.05, 3.63) is 89.2 Å². The fraction of sp³-hybridized carbons (Fsp3) is 0.111. The van der Waals surface area contributed by atoms with Gasteiger partial charge in [0.25, 0.3) is 0 Å². The first-order chi connectivity index (χ1) is 15.7. The SMILES string of the molecule is CCN1C=CC(c2cc3cc4ccc(cc5nc(cc6nc(cc2[nH]3)C=C6)C=C5)[nH]4)=CC1. The van der Waals surface area contributed by atoms with E-state index in [0.29, 0.717) is 0 Å². The molecular formula is C27H23N5. The van der Waals surface area contributed by atoms with Gasteiger partial charge in [0.15, 0.2) is 0 Å². The lowest BCUT2D eigenvalue weighted by Gasteiger charge is -2.20. The summed E-state index contributed by atoms with van der Waals surface area (Å²) in [7, 11) is 0. The van der Waals surface area contributed by atoms with Gasteiger partial charge in [0.05, 0.1) is 22.8 Å². The summed E-state index contributed by atoms with van der Waals surface area (Å²) in [5.41, 5.74) is 10.2. The summed E-state index contributed by atoms with van der Waals surface area (Å²) in [6.07, 6.45) is 14.8. The minimum Gasteiger partial charge on any atom is -0.374 e. The van der Waals surface area contributed by atoms with Gasteiger partial charge < -0.3 is 14.9 Å². The second kappa shape index (κ2) is 7.54. The Balaban J connectivity index is 1.60. The van der Waals surface area contributed by atoms with E-state index in [1.54, 1.807) is 0 Å². The molecule has 8 bridgehead atoms. The number of allylic oxidation sites excluding steroid dienone is 2. The second-order valence-corrected chi connectivity index (χ2v) is 8.15. The highest BCUT2D eigenvalue weighted by Crippen LogP contribution is 2.27. The molecule has 6 rings (SSSR count). The van der Waals surface area contributed by atoms with Crippen LogP contribution in [-0.2, 0) is 0 Å². The van der Waals surface area contributed by atoms with Crippen molar-refractivity contribution in [3.63, 3.8) is 0 Å². The molecule has 0 atom stereocenters. The zero-order valence-corrected chi connectivity index (χ0v) is 17.8. The Morgan fingerprint density at radius 1 is 0.750 bits per heavy atom. The van der Waals surface area contributed by atoms with E-state index < -0.39 is 0 Å². The first kappa shape index (κ1) is 18.6. The van der Waals surface area contributed by atoms with Crippen molar-refractivity contribution < 1.29 is 0 Å². The van der Waals surface area contributed by atoms with Crippen LogP contribution in [0.15, 0.2) is 60.8 Å². The van der Waals surface area contributed by atoms with Crippen LogP contribution in [0.3, 0.4) is 0 Å². The maximum atomic E-state index is 4.79. The summed E-state index contributed by atoms with van der Waals surface area (Å²) >= 11 is 0. The summed E-state index contributed by atoms with van der Waals surface area (Å²) in [5, 5.41) is 0. The van der Waals surface area contributed by atoms with Crippen molar-refractivity contribution in [2.75, 3.05) is 13.1 Å². The van der Waals surface area contributed by atoms with Crippen LogP contribution in [0.5, 0.6) is 0 Å². The van der Waals surface area contributed by atoms with Crippen molar-refractivity contribution in [3.8, 4) is 0 Å². The summed E-state index contributed by atoms with van der Waals surface area (Å²) in [5.74, 6) is 0. The van der Waals surface area contributed by atoms with E-state index in [1.807, 2.05) is 24.3 Å². The third kappa shape index (κ3) is 3.58. The average Bonchev–Trinajstić information content (AvgIpc) is 3.59. The molecule has 2 N–H and O–H groups in total. The standard InChI is InChI=1S/C27H23N5/c1-2-32-11-9-18(10-12-32)26-16-25-15-23-6-5-21(29-23)13-19-3-4-20(28-19)14-22-7-8-24(30-22)17-27(26)31-25/h3-11,13-17,29,31H,2,12H2,1H3. The molecule has 0 saturated heterocycles. The Kier molecular flexibility index (Phi) is 4.39. The number of H-pyrrole nitrogens is 2. The van der Waals surface area contributed by atoms with Gasteiger partial charge in [0, 0.05) is 40.7 Å². The van der Waals surface area contributed by atoms with E-state index in [0.717, 1.165) is 57.9 Å².